The zero-order chi connectivity index (χ0) is 15.6. The Morgan fingerprint density at radius 3 is 2.96 bits per heavy atom. The number of nitrogens with one attached hydrogen (secondary N) is 1. The second-order valence-electron chi connectivity index (χ2n) is 5.58. The van der Waals surface area contributed by atoms with Crippen LogP contribution in [0.25, 0.3) is 0 Å². The first-order chi connectivity index (χ1) is 11.3. The van der Waals surface area contributed by atoms with Gasteiger partial charge in [-0.2, -0.15) is 5.10 Å². The van der Waals surface area contributed by atoms with E-state index in [1.165, 1.54) is 23.3 Å². The van der Waals surface area contributed by atoms with Gasteiger partial charge in [0.1, 0.15) is 0 Å². The number of carbonyl (C=O) groups is 1. The van der Waals surface area contributed by atoms with Crippen LogP contribution in [0.2, 0.25) is 0 Å². The summed E-state index contributed by atoms with van der Waals surface area (Å²) in [5, 5.41) is 4.04. The highest BCUT2D eigenvalue weighted by Crippen LogP contribution is 2.32. The molecule has 2 aliphatic rings. The largest absolute Gasteiger partial charge is 0.454 e. The Labute approximate surface area is 137 Å². The van der Waals surface area contributed by atoms with E-state index in [-0.39, 0.29) is 12.7 Å². The quantitative estimate of drug-likeness (QED) is 0.695. The molecule has 118 valence electrons. The molecule has 1 aliphatic carbocycles. The summed E-state index contributed by atoms with van der Waals surface area (Å²) in [4.78, 5) is 14.3. The number of thiophene rings is 1. The number of nitrogens with zero attached hydrogens (tertiary/aromatic N) is 1. The van der Waals surface area contributed by atoms with Crippen molar-refractivity contribution in [1.29, 1.82) is 0 Å². The second-order valence-corrected chi connectivity index (χ2v) is 6.71. The molecule has 0 fully saturated rings. The number of carbonyl (C=O) groups excluding carboxylic acids is 1. The number of fused-ring (bicyclic) bond motifs is 2. The minimum Gasteiger partial charge on any atom is -0.454 e. The standard InChI is InChI=1S/C17H16N2O3S/c20-17(16-8-12-3-1-2-4-15(12)23-16)19-18-9-11-5-6-13-14(7-11)22-10-21-13/h5-9H,1-4,10H2,(H,19,20)/b18-9-. The minimum atomic E-state index is -0.151. The molecule has 2 aromatic rings. The fraction of sp³-hybridized carbons (Fsp3) is 0.294. The average molecular weight is 328 g/mol. The summed E-state index contributed by atoms with van der Waals surface area (Å²) < 4.78 is 10.6. The lowest BCUT2D eigenvalue weighted by Gasteiger charge is -2.08. The molecule has 4 rings (SSSR count). The fourth-order valence-corrected chi connectivity index (χ4v) is 3.96. The Kier molecular flexibility index (Phi) is 3.75. The van der Waals surface area contributed by atoms with E-state index in [1.54, 1.807) is 17.6 Å². The van der Waals surface area contributed by atoms with Crippen molar-refractivity contribution in [3.63, 3.8) is 0 Å². The molecule has 2 heterocycles. The van der Waals surface area contributed by atoms with E-state index in [1.807, 2.05) is 24.3 Å². The number of rotatable bonds is 3. The van der Waals surface area contributed by atoms with E-state index in [0.717, 1.165) is 29.0 Å². The smallest absolute Gasteiger partial charge is 0.281 e. The van der Waals surface area contributed by atoms with Crippen LogP contribution in [0.3, 0.4) is 0 Å². The first-order valence-electron chi connectivity index (χ1n) is 7.64. The lowest BCUT2D eigenvalue weighted by Crippen LogP contribution is -2.16. The Morgan fingerprint density at radius 1 is 1.17 bits per heavy atom. The fourth-order valence-electron chi connectivity index (χ4n) is 2.82. The summed E-state index contributed by atoms with van der Waals surface area (Å²) in [7, 11) is 0. The van der Waals surface area contributed by atoms with Crippen LogP contribution in [0.5, 0.6) is 11.5 Å². The van der Waals surface area contributed by atoms with Gasteiger partial charge in [-0.15, -0.1) is 11.3 Å². The molecule has 0 saturated heterocycles. The molecule has 1 aromatic heterocycles. The van der Waals surface area contributed by atoms with Gasteiger partial charge in [-0.3, -0.25) is 4.79 Å². The Hall–Kier alpha value is -2.34. The molecular formula is C17H16N2O3S. The van der Waals surface area contributed by atoms with Gasteiger partial charge in [-0.1, -0.05) is 0 Å². The first-order valence-corrected chi connectivity index (χ1v) is 8.46. The van der Waals surface area contributed by atoms with Gasteiger partial charge in [0.05, 0.1) is 11.1 Å². The third-order valence-electron chi connectivity index (χ3n) is 4.00. The number of benzene rings is 1. The van der Waals surface area contributed by atoms with Gasteiger partial charge in [0.15, 0.2) is 11.5 Å². The number of ether oxygens (including phenoxy) is 2. The zero-order valence-corrected chi connectivity index (χ0v) is 13.3. The van der Waals surface area contributed by atoms with Gasteiger partial charge >= 0.3 is 0 Å². The van der Waals surface area contributed by atoms with Gasteiger partial charge in [0, 0.05) is 4.88 Å². The summed E-state index contributed by atoms with van der Waals surface area (Å²) in [5.41, 5.74) is 4.77. The number of hydrogen-bond acceptors (Lipinski definition) is 5. The second kappa shape index (κ2) is 6.04. The van der Waals surface area contributed by atoms with E-state index in [0.29, 0.717) is 5.75 Å². The average Bonchev–Trinajstić information content (AvgIpc) is 3.20. The molecule has 1 amide bonds. The third kappa shape index (κ3) is 2.94. The predicted molar refractivity (Wildman–Crippen MR) is 88.6 cm³/mol. The number of hydrazone groups is 1. The van der Waals surface area contributed by atoms with Crippen molar-refractivity contribution in [3.8, 4) is 11.5 Å². The van der Waals surface area contributed by atoms with Crippen molar-refractivity contribution in [2.75, 3.05) is 6.79 Å². The Balaban J connectivity index is 1.42. The number of hydrogen-bond donors (Lipinski definition) is 1. The van der Waals surface area contributed by atoms with Crippen molar-refractivity contribution in [1.82, 2.24) is 5.43 Å². The molecule has 0 saturated carbocycles. The highest BCUT2D eigenvalue weighted by atomic mass is 32.1. The molecule has 1 aliphatic heterocycles. The predicted octanol–water partition coefficient (Wildman–Crippen LogP) is 3.12. The van der Waals surface area contributed by atoms with Crippen LogP contribution < -0.4 is 14.9 Å². The molecular weight excluding hydrogens is 312 g/mol. The highest BCUT2D eigenvalue weighted by molar-refractivity contribution is 7.14. The monoisotopic (exact) mass is 328 g/mol. The van der Waals surface area contributed by atoms with Crippen LogP contribution in [-0.4, -0.2) is 18.9 Å². The highest BCUT2D eigenvalue weighted by Gasteiger charge is 2.17. The molecule has 0 radical (unpaired) electrons. The van der Waals surface area contributed by atoms with Crippen LogP contribution in [0.1, 0.15) is 38.5 Å². The van der Waals surface area contributed by atoms with E-state index < -0.39 is 0 Å². The summed E-state index contributed by atoms with van der Waals surface area (Å²) in [6.07, 6.45) is 6.21. The molecule has 1 N–H and O–H groups in total. The SMILES string of the molecule is O=C(N/N=C\c1ccc2c(c1)OCO2)c1cc2c(s1)CCCC2. The van der Waals surface area contributed by atoms with Crippen molar-refractivity contribution in [2.45, 2.75) is 25.7 Å². The van der Waals surface area contributed by atoms with E-state index in [9.17, 15) is 4.79 Å². The lowest BCUT2D eigenvalue weighted by atomic mass is 9.99. The Morgan fingerprint density at radius 2 is 2.04 bits per heavy atom. The summed E-state index contributed by atoms with van der Waals surface area (Å²) in [5.74, 6) is 1.28. The van der Waals surface area contributed by atoms with Crippen LogP contribution in [-0.2, 0) is 12.8 Å². The summed E-state index contributed by atoms with van der Waals surface area (Å²) >= 11 is 1.58. The van der Waals surface area contributed by atoms with E-state index >= 15 is 0 Å². The maximum Gasteiger partial charge on any atom is 0.281 e. The van der Waals surface area contributed by atoms with Crippen LogP contribution in [0.4, 0.5) is 0 Å². The lowest BCUT2D eigenvalue weighted by molar-refractivity contribution is 0.0959. The third-order valence-corrected chi connectivity index (χ3v) is 5.23. The van der Waals surface area contributed by atoms with Crippen molar-refractivity contribution < 1.29 is 14.3 Å². The van der Waals surface area contributed by atoms with Crippen molar-refractivity contribution in [3.05, 3.63) is 45.1 Å². The molecule has 0 bridgehead atoms. The van der Waals surface area contributed by atoms with Gasteiger partial charge in [0.2, 0.25) is 6.79 Å². The molecule has 1 aromatic carbocycles. The van der Waals surface area contributed by atoms with Gasteiger partial charge in [-0.05, 0) is 61.1 Å². The van der Waals surface area contributed by atoms with Crippen molar-refractivity contribution >= 4 is 23.5 Å². The molecule has 0 spiro atoms. The Bertz CT molecular complexity index is 759. The molecule has 5 nitrogen and oxygen atoms in total. The van der Waals surface area contributed by atoms with Crippen LogP contribution in [0, 0.1) is 0 Å². The van der Waals surface area contributed by atoms with Crippen LogP contribution >= 0.6 is 11.3 Å². The maximum atomic E-state index is 12.2. The van der Waals surface area contributed by atoms with Gasteiger partial charge in [-0.25, -0.2) is 5.43 Å². The van der Waals surface area contributed by atoms with E-state index in [4.69, 9.17) is 9.47 Å². The van der Waals surface area contributed by atoms with Crippen LogP contribution in [0.15, 0.2) is 29.4 Å². The molecule has 0 atom stereocenters. The first kappa shape index (κ1) is 14.3. The van der Waals surface area contributed by atoms with Gasteiger partial charge < -0.3 is 9.47 Å². The summed E-state index contributed by atoms with van der Waals surface area (Å²) in [6, 6.07) is 7.54. The number of amides is 1. The normalized spacial score (nSPS) is 15.7. The zero-order valence-electron chi connectivity index (χ0n) is 12.5. The maximum absolute atomic E-state index is 12.2. The van der Waals surface area contributed by atoms with Crippen molar-refractivity contribution in [2.24, 2.45) is 5.10 Å². The molecule has 23 heavy (non-hydrogen) atoms. The topological polar surface area (TPSA) is 59.9 Å². The molecule has 6 heteroatoms. The molecule has 0 unspecified atom stereocenters. The number of aryl methyl sites for hydroxylation is 2. The summed E-state index contributed by atoms with van der Waals surface area (Å²) in [6.45, 7) is 0.246. The van der Waals surface area contributed by atoms with E-state index in [2.05, 4.69) is 10.5 Å². The van der Waals surface area contributed by atoms with Gasteiger partial charge in [0.25, 0.3) is 5.91 Å². The minimum absolute atomic E-state index is 0.151.